The summed E-state index contributed by atoms with van der Waals surface area (Å²) in [6, 6.07) is 4.60. The van der Waals surface area contributed by atoms with Crippen LogP contribution in [0.25, 0.3) is 0 Å². The van der Waals surface area contributed by atoms with Crippen molar-refractivity contribution in [1.29, 1.82) is 0 Å². The zero-order valence-electron chi connectivity index (χ0n) is 11.9. The molecule has 0 amide bonds. The van der Waals surface area contributed by atoms with Crippen LogP contribution in [0.3, 0.4) is 0 Å². The van der Waals surface area contributed by atoms with E-state index in [9.17, 15) is 0 Å². The Labute approximate surface area is 130 Å². The molecule has 0 saturated carbocycles. The zero-order chi connectivity index (χ0) is 14.1. The second-order valence-corrected chi connectivity index (χ2v) is 6.80. The smallest absolute Gasteiger partial charge is 0.135 e. The molecule has 110 valence electrons. The highest BCUT2D eigenvalue weighted by Gasteiger charge is 2.34. The number of fused-ring (bicyclic) bond motifs is 1. The lowest BCUT2D eigenvalue weighted by Crippen LogP contribution is -2.52. The van der Waals surface area contributed by atoms with Gasteiger partial charge in [-0.2, -0.15) is 0 Å². The van der Waals surface area contributed by atoms with Crippen LogP contribution in [0.4, 0.5) is 0 Å². The van der Waals surface area contributed by atoms with E-state index < -0.39 is 0 Å². The Morgan fingerprint density at radius 1 is 1.25 bits per heavy atom. The molecule has 2 saturated heterocycles. The van der Waals surface area contributed by atoms with E-state index in [1.54, 1.807) is 0 Å². The van der Waals surface area contributed by atoms with E-state index in [1.165, 1.54) is 32.4 Å². The van der Waals surface area contributed by atoms with Gasteiger partial charge in [-0.15, -0.1) is 0 Å². The second kappa shape index (κ2) is 6.18. The molecule has 20 heavy (non-hydrogen) atoms. The maximum Gasteiger partial charge on any atom is 0.135 e. The molecule has 0 N–H and O–H groups in total. The predicted molar refractivity (Wildman–Crippen MR) is 83.3 cm³/mol. The second-order valence-electron chi connectivity index (χ2n) is 6.06. The van der Waals surface area contributed by atoms with Crippen LogP contribution in [0.5, 0.6) is 0 Å². The molecule has 5 heteroatoms. The van der Waals surface area contributed by atoms with Gasteiger partial charge < -0.3 is 4.90 Å². The third-order valence-electron chi connectivity index (χ3n) is 4.72. The number of likely N-dealkylation sites (tertiary alicyclic amines) is 2. The molecule has 3 nitrogen and oxygen atoms in total. The van der Waals surface area contributed by atoms with Crippen molar-refractivity contribution in [3.63, 3.8) is 0 Å². The number of hydrogen-bond donors (Lipinski definition) is 0. The maximum atomic E-state index is 6.18. The van der Waals surface area contributed by atoms with Crippen molar-refractivity contribution in [2.45, 2.75) is 31.8 Å². The number of rotatable bonds is 2. The molecule has 2 aliphatic heterocycles. The first kappa shape index (κ1) is 14.6. The third-order valence-corrected chi connectivity index (χ3v) is 5.25. The van der Waals surface area contributed by atoms with Crippen molar-refractivity contribution in [2.75, 3.05) is 26.7 Å². The van der Waals surface area contributed by atoms with Gasteiger partial charge in [0.1, 0.15) is 10.3 Å². The molecular weight excluding hydrogens is 293 g/mol. The van der Waals surface area contributed by atoms with Crippen molar-refractivity contribution >= 4 is 23.2 Å². The van der Waals surface area contributed by atoms with Crippen molar-refractivity contribution in [1.82, 2.24) is 14.8 Å². The number of aromatic nitrogens is 1. The van der Waals surface area contributed by atoms with Crippen LogP contribution in [0.15, 0.2) is 12.1 Å². The SMILES string of the molecule is CN1CCCC2CN(Cc3ccc(Cl)nc3Cl)CCC21. The molecule has 2 atom stereocenters. The molecule has 0 aromatic carbocycles. The van der Waals surface area contributed by atoms with Gasteiger partial charge in [0.2, 0.25) is 0 Å². The highest BCUT2D eigenvalue weighted by atomic mass is 35.5. The van der Waals surface area contributed by atoms with E-state index >= 15 is 0 Å². The first-order valence-corrected chi connectivity index (χ1v) is 8.12. The molecule has 1 aromatic rings. The van der Waals surface area contributed by atoms with Crippen molar-refractivity contribution in [3.05, 3.63) is 28.0 Å². The quantitative estimate of drug-likeness (QED) is 0.781. The molecule has 2 fully saturated rings. The molecule has 2 aliphatic rings. The van der Waals surface area contributed by atoms with Gasteiger partial charge in [0.15, 0.2) is 0 Å². The van der Waals surface area contributed by atoms with Gasteiger partial charge in [0, 0.05) is 24.7 Å². The normalized spacial score (nSPS) is 28.4. The van der Waals surface area contributed by atoms with E-state index in [4.69, 9.17) is 23.2 Å². The van der Waals surface area contributed by atoms with Gasteiger partial charge >= 0.3 is 0 Å². The summed E-state index contributed by atoms with van der Waals surface area (Å²) in [7, 11) is 2.27. The monoisotopic (exact) mass is 313 g/mol. The van der Waals surface area contributed by atoms with Gasteiger partial charge in [-0.1, -0.05) is 29.3 Å². The van der Waals surface area contributed by atoms with Crippen LogP contribution in [-0.2, 0) is 6.54 Å². The molecule has 3 heterocycles. The first-order chi connectivity index (χ1) is 9.63. The Morgan fingerprint density at radius 2 is 2.10 bits per heavy atom. The van der Waals surface area contributed by atoms with Gasteiger partial charge in [0.25, 0.3) is 0 Å². The van der Waals surface area contributed by atoms with Crippen molar-refractivity contribution in [3.8, 4) is 0 Å². The van der Waals surface area contributed by atoms with Crippen LogP contribution in [-0.4, -0.2) is 47.5 Å². The molecular formula is C15H21Cl2N3. The number of piperidine rings is 2. The lowest BCUT2D eigenvalue weighted by atomic mass is 9.84. The zero-order valence-corrected chi connectivity index (χ0v) is 13.4. The van der Waals surface area contributed by atoms with Crippen molar-refractivity contribution in [2.24, 2.45) is 5.92 Å². The van der Waals surface area contributed by atoms with Gasteiger partial charge in [-0.05, 0) is 51.4 Å². The van der Waals surface area contributed by atoms with E-state index in [0.717, 1.165) is 30.6 Å². The minimum atomic E-state index is 0.464. The van der Waals surface area contributed by atoms with E-state index in [1.807, 2.05) is 12.1 Å². The summed E-state index contributed by atoms with van der Waals surface area (Å²) in [6.07, 6.45) is 3.95. The van der Waals surface area contributed by atoms with Crippen LogP contribution in [0.2, 0.25) is 10.3 Å². The summed E-state index contributed by atoms with van der Waals surface area (Å²) in [6.45, 7) is 4.46. The largest absolute Gasteiger partial charge is 0.303 e. The summed E-state index contributed by atoms with van der Waals surface area (Å²) in [5.74, 6) is 0.807. The van der Waals surface area contributed by atoms with Crippen LogP contribution < -0.4 is 0 Å². The van der Waals surface area contributed by atoms with E-state index in [-0.39, 0.29) is 0 Å². The van der Waals surface area contributed by atoms with Crippen LogP contribution >= 0.6 is 23.2 Å². The average Bonchev–Trinajstić information content (AvgIpc) is 2.42. The highest BCUT2D eigenvalue weighted by molar-refractivity contribution is 6.32. The lowest BCUT2D eigenvalue weighted by Gasteiger charge is -2.46. The van der Waals surface area contributed by atoms with Gasteiger partial charge in [0.05, 0.1) is 0 Å². The van der Waals surface area contributed by atoms with Gasteiger partial charge in [-0.3, -0.25) is 4.90 Å². The molecule has 0 aliphatic carbocycles. The summed E-state index contributed by atoms with van der Waals surface area (Å²) >= 11 is 12.0. The van der Waals surface area contributed by atoms with E-state index in [0.29, 0.717) is 10.3 Å². The number of nitrogens with zero attached hydrogens (tertiary/aromatic N) is 3. The minimum absolute atomic E-state index is 0.464. The fraction of sp³-hybridized carbons (Fsp3) is 0.667. The summed E-state index contributed by atoms with van der Waals surface area (Å²) in [5, 5.41) is 1.01. The molecule has 0 bridgehead atoms. The molecule has 2 unspecified atom stereocenters. The fourth-order valence-corrected chi connectivity index (χ4v) is 4.08. The predicted octanol–water partition coefficient (Wildman–Crippen LogP) is 3.30. The third kappa shape index (κ3) is 3.11. The van der Waals surface area contributed by atoms with E-state index in [2.05, 4.69) is 21.8 Å². The average molecular weight is 314 g/mol. The van der Waals surface area contributed by atoms with Crippen LogP contribution in [0.1, 0.15) is 24.8 Å². The molecule has 3 rings (SSSR count). The standard InChI is InChI=1S/C15H21Cl2N3/c1-19-7-2-3-11-9-20(8-6-13(11)19)10-12-4-5-14(16)18-15(12)17/h4-5,11,13H,2-3,6-10H2,1H3. The summed E-state index contributed by atoms with van der Waals surface area (Å²) < 4.78 is 0. The Hall–Kier alpha value is -0.350. The number of hydrogen-bond acceptors (Lipinski definition) is 3. The molecule has 1 aromatic heterocycles. The highest BCUT2D eigenvalue weighted by Crippen LogP contribution is 2.30. The molecule has 0 radical (unpaired) electrons. The lowest BCUT2D eigenvalue weighted by molar-refractivity contribution is 0.0354. The van der Waals surface area contributed by atoms with Gasteiger partial charge in [-0.25, -0.2) is 4.98 Å². The number of halogens is 2. The maximum absolute atomic E-state index is 6.18. The van der Waals surface area contributed by atoms with Crippen LogP contribution in [0, 0.1) is 5.92 Å². The summed E-state index contributed by atoms with van der Waals surface area (Å²) in [5.41, 5.74) is 1.08. The fourth-order valence-electron chi connectivity index (χ4n) is 3.67. The Balaban J connectivity index is 1.64. The Kier molecular flexibility index (Phi) is 4.51. The first-order valence-electron chi connectivity index (χ1n) is 7.37. The number of pyridine rings is 1. The topological polar surface area (TPSA) is 19.4 Å². The molecule has 0 spiro atoms. The van der Waals surface area contributed by atoms with Crippen molar-refractivity contribution < 1.29 is 0 Å². The minimum Gasteiger partial charge on any atom is -0.303 e. The summed E-state index contributed by atoms with van der Waals surface area (Å²) in [4.78, 5) is 9.18. The Morgan fingerprint density at radius 3 is 2.90 bits per heavy atom. The Bertz CT molecular complexity index is 480.